The SMILES string of the molecule is CC(C)OC(=O)[C@H]1O[C@@H](O)[C@H](O)[C@@H](O)[C@@H]1O. The highest BCUT2D eigenvalue weighted by Crippen LogP contribution is 2.21. The first-order valence-corrected chi connectivity index (χ1v) is 4.92. The molecule has 7 nitrogen and oxygen atoms in total. The van der Waals surface area contributed by atoms with Gasteiger partial charge in [-0.1, -0.05) is 0 Å². The Balaban J connectivity index is 2.70. The Morgan fingerprint density at radius 1 is 1.12 bits per heavy atom. The van der Waals surface area contributed by atoms with Crippen LogP contribution in [-0.2, 0) is 14.3 Å². The van der Waals surface area contributed by atoms with Crippen molar-refractivity contribution in [2.75, 3.05) is 0 Å². The van der Waals surface area contributed by atoms with E-state index in [1.54, 1.807) is 13.8 Å². The minimum Gasteiger partial charge on any atom is -0.461 e. The average Bonchev–Trinajstić information content (AvgIpc) is 2.19. The smallest absolute Gasteiger partial charge is 0.338 e. The van der Waals surface area contributed by atoms with Crippen LogP contribution in [0.4, 0.5) is 0 Å². The van der Waals surface area contributed by atoms with Crippen molar-refractivity contribution in [1.82, 2.24) is 0 Å². The number of aliphatic hydroxyl groups is 4. The number of carbonyl (C=O) groups excluding carboxylic acids is 1. The van der Waals surface area contributed by atoms with Gasteiger partial charge in [-0.2, -0.15) is 0 Å². The molecule has 1 aliphatic heterocycles. The van der Waals surface area contributed by atoms with Crippen molar-refractivity contribution < 1.29 is 34.7 Å². The third-order valence-electron chi connectivity index (χ3n) is 2.17. The zero-order valence-electron chi connectivity index (χ0n) is 8.98. The first-order valence-electron chi connectivity index (χ1n) is 4.92. The van der Waals surface area contributed by atoms with Crippen LogP contribution in [0.15, 0.2) is 0 Å². The number of esters is 1. The van der Waals surface area contributed by atoms with Gasteiger partial charge in [0, 0.05) is 0 Å². The van der Waals surface area contributed by atoms with E-state index in [0.29, 0.717) is 0 Å². The van der Waals surface area contributed by atoms with Crippen LogP contribution < -0.4 is 0 Å². The molecule has 16 heavy (non-hydrogen) atoms. The fourth-order valence-corrected chi connectivity index (χ4v) is 1.36. The van der Waals surface area contributed by atoms with Gasteiger partial charge in [0.1, 0.15) is 18.3 Å². The van der Waals surface area contributed by atoms with Crippen molar-refractivity contribution in [3.63, 3.8) is 0 Å². The van der Waals surface area contributed by atoms with Gasteiger partial charge >= 0.3 is 5.97 Å². The molecule has 0 spiro atoms. The number of rotatable bonds is 2. The van der Waals surface area contributed by atoms with Crippen LogP contribution >= 0.6 is 0 Å². The van der Waals surface area contributed by atoms with E-state index in [2.05, 4.69) is 4.74 Å². The van der Waals surface area contributed by atoms with Gasteiger partial charge in [0.15, 0.2) is 12.4 Å². The Labute approximate surface area is 92.2 Å². The summed E-state index contributed by atoms with van der Waals surface area (Å²) in [5, 5.41) is 37.1. The molecule has 0 aromatic carbocycles. The maximum Gasteiger partial charge on any atom is 0.338 e. The van der Waals surface area contributed by atoms with Crippen molar-refractivity contribution in [3.05, 3.63) is 0 Å². The molecular weight excluding hydrogens is 220 g/mol. The molecule has 0 aliphatic carbocycles. The fraction of sp³-hybridized carbons (Fsp3) is 0.889. The minimum absolute atomic E-state index is 0.413. The van der Waals surface area contributed by atoms with Gasteiger partial charge in [-0.3, -0.25) is 0 Å². The lowest BCUT2D eigenvalue weighted by molar-refractivity contribution is -0.281. The second-order valence-corrected chi connectivity index (χ2v) is 3.90. The average molecular weight is 236 g/mol. The summed E-state index contributed by atoms with van der Waals surface area (Å²) >= 11 is 0. The van der Waals surface area contributed by atoms with Gasteiger partial charge in [0.2, 0.25) is 0 Å². The summed E-state index contributed by atoms with van der Waals surface area (Å²) in [6.07, 6.45) is -8.60. The van der Waals surface area contributed by atoms with Crippen LogP contribution in [-0.4, -0.2) is 63.2 Å². The quantitative estimate of drug-likeness (QED) is 0.400. The lowest BCUT2D eigenvalue weighted by Crippen LogP contribution is -2.60. The molecule has 1 heterocycles. The molecule has 0 unspecified atom stereocenters. The Morgan fingerprint density at radius 3 is 2.19 bits per heavy atom. The zero-order valence-corrected chi connectivity index (χ0v) is 8.98. The molecule has 1 rings (SSSR count). The monoisotopic (exact) mass is 236 g/mol. The number of hydrogen-bond acceptors (Lipinski definition) is 7. The van der Waals surface area contributed by atoms with E-state index in [9.17, 15) is 15.0 Å². The topological polar surface area (TPSA) is 116 Å². The summed E-state index contributed by atoms with van der Waals surface area (Å²) in [6.45, 7) is 3.21. The molecule has 7 heteroatoms. The third kappa shape index (κ3) is 2.69. The van der Waals surface area contributed by atoms with Crippen LogP contribution in [0.25, 0.3) is 0 Å². The molecule has 0 saturated carbocycles. The van der Waals surface area contributed by atoms with E-state index in [4.69, 9.17) is 14.9 Å². The van der Waals surface area contributed by atoms with E-state index in [0.717, 1.165) is 0 Å². The Hall–Kier alpha value is -0.730. The van der Waals surface area contributed by atoms with Crippen LogP contribution in [0.5, 0.6) is 0 Å². The Bertz CT molecular complexity index is 254. The molecule has 0 amide bonds. The van der Waals surface area contributed by atoms with Gasteiger partial charge in [0.05, 0.1) is 6.10 Å². The van der Waals surface area contributed by atoms with Gasteiger partial charge in [-0.15, -0.1) is 0 Å². The van der Waals surface area contributed by atoms with Crippen molar-refractivity contribution in [3.8, 4) is 0 Å². The Kier molecular flexibility index (Phi) is 4.22. The largest absolute Gasteiger partial charge is 0.461 e. The summed E-state index contributed by atoms with van der Waals surface area (Å²) < 4.78 is 9.43. The minimum atomic E-state index is -1.73. The molecule has 0 aromatic heterocycles. The van der Waals surface area contributed by atoms with Crippen molar-refractivity contribution >= 4 is 5.97 Å². The first kappa shape index (κ1) is 13.3. The molecule has 0 aromatic rings. The molecule has 0 radical (unpaired) electrons. The number of hydrogen-bond donors (Lipinski definition) is 4. The summed E-state index contributed by atoms with van der Waals surface area (Å²) in [5.74, 6) is -0.896. The van der Waals surface area contributed by atoms with Crippen molar-refractivity contribution in [1.29, 1.82) is 0 Å². The second-order valence-electron chi connectivity index (χ2n) is 3.90. The fourth-order valence-electron chi connectivity index (χ4n) is 1.36. The van der Waals surface area contributed by atoms with E-state index in [1.807, 2.05) is 0 Å². The standard InChI is InChI=1S/C9H16O7/c1-3(2)15-9(14)7-5(11)4(10)6(12)8(13)16-7/h3-8,10-13H,1-2H3/t4-,5-,6+,7-,8+/m0/s1. The zero-order chi connectivity index (χ0) is 12.5. The van der Waals surface area contributed by atoms with Crippen LogP contribution in [0.3, 0.4) is 0 Å². The van der Waals surface area contributed by atoms with Gasteiger partial charge in [-0.25, -0.2) is 4.79 Å². The van der Waals surface area contributed by atoms with Crippen LogP contribution in [0.2, 0.25) is 0 Å². The van der Waals surface area contributed by atoms with Crippen molar-refractivity contribution in [2.24, 2.45) is 0 Å². The number of aliphatic hydroxyl groups excluding tert-OH is 4. The van der Waals surface area contributed by atoms with E-state index in [-0.39, 0.29) is 0 Å². The normalized spacial score (nSPS) is 39.8. The van der Waals surface area contributed by atoms with Gasteiger partial charge < -0.3 is 29.9 Å². The maximum atomic E-state index is 11.4. The molecule has 1 saturated heterocycles. The van der Waals surface area contributed by atoms with E-state index >= 15 is 0 Å². The molecule has 0 bridgehead atoms. The molecule has 1 fully saturated rings. The first-order chi connectivity index (χ1) is 7.34. The van der Waals surface area contributed by atoms with Gasteiger partial charge in [-0.05, 0) is 13.8 Å². The van der Waals surface area contributed by atoms with Crippen molar-refractivity contribution in [2.45, 2.75) is 50.7 Å². The lowest BCUT2D eigenvalue weighted by Gasteiger charge is -2.37. The number of ether oxygens (including phenoxy) is 2. The summed E-state index contributed by atoms with van der Waals surface area (Å²) in [5.41, 5.74) is 0. The maximum absolute atomic E-state index is 11.4. The highest BCUT2D eigenvalue weighted by Gasteiger charge is 2.47. The highest BCUT2D eigenvalue weighted by molar-refractivity contribution is 5.76. The lowest BCUT2D eigenvalue weighted by atomic mass is 9.99. The van der Waals surface area contributed by atoms with Gasteiger partial charge in [0.25, 0.3) is 0 Å². The summed E-state index contributed by atoms with van der Waals surface area (Å²) in [4.78, 5) is 11.4. The predicted octanol–water partition coefficient (Wildman–Crippen LogP) is -2.26. The van der Waals surface area contributed by atoms with E-state index < -0.39 is 42.8 Å². The molecular formula is C9H16O7. The molecule has 4 N–H and O–H groups in total. The highest BCUT2D eigenvalue weighted by atomic mass is 16.7. The van der Waals surface area contributed by atoms with Crippen LogP contribution in [0, 0.1) is 0 Å². The van der Waals surface area contributed by atoms with E-state index in [1.165, 1.54) is 0 Å². The molecule has 5 atom stereocenters. The second kappa shape index (κ2) is 5.07. The Morgan fingerprint density at radius 2 is 1.69 bits per heavy atom. The summed E-state index contributed by atoms with van der Waals surface area (Å²) in [7, 11) is 0. The third-order valence-corrected chi connectivity index (χ3v) is 2.17. The predicted molar refractivity (Wildman–Crippen MR) is 50.1 cm³/mol. The number of carbonyl (C=O) groups is 1. The molecule has 94 valence electrons. The summed E-state index contributed by atoms with van der Waals surface area (Å²) in [6, 6.07) is 0. The van der Waals surface area contributed by atoms with Crippen LogP contribution in [0.1, 0.15) is 13.8 Å². The molecule has 1 aliphatic rings.